The summed E-state index contributed by atoms with van der Waals surface area (Å²) >= 11 is 0. The van der Waals surface area contributed by atoms with Gasteiger partial charge in [0.25, 0.3) is 5.91 Å². The summed E-state index contributed by atoms with van der Waals surface area (Å²) < 4.78 is 23.8. The van der Waals surface area contributed by atoms with Gasteiger partial charge in [-0.05, 0) is 60.9 Å². The number of aromatic nitrogens is 1. The summed E-state index contributed by atoms with van der Waals surface area (Å²) in [6.45, 7) is 0.712. The van der Waals surface area contributed by atoms with Gasteiger partial charge in [0, 0.05) is 18.8 Å². The van der Waals surface area contributed by atoms with Crippen molar-refractivity contribution in [3.63, 3.8) is 0 Å². The molecule has 1 aromatic heterocycles. The maximum absolute atomic E-state index is 13.0. The van der Waals surface area contributed by atoms with Crippen molar-refractivity contribution in [2.24, 2.45) is 0 Å². The van der Waals surface area contributed by atoms with Crippen molar-refractivity contribution in [3.05, 3.63) is 83.8 Å². The molecule has 1 amide bonds. The van der Waals surface area contributed by atoms with E-state index in [2.05, 4.69) is 4.98 Å². The zero-order valence-electron chi connectivity index (χ0n) is 16.0. The van der Waals surface area contributed by atoms with Crippen LogP contribution in [-0.2, 0) is 0 Å². The highest BCUT2D eigenvalue weighted by Crippen LogP contribution is 2.34. The van der Waals surface area contributed by atoms with E-state index in [4.69, 9.17) is 9.47 Å². The number of ether oxygens (including phenoxy) is 2. The lowest BCUT2D eigenvalue weighted by molar-refractivity contribution is 0.0735. The molecule has 148 valence electrons. The van der Waals surface area contributed by atoms with Gasteiger partial charge in [-0.25, -0.2) is 9.37 Å². The zero-order valence-corrected chi connectivity index (χ0v) is 16.0. The lowest BCUT2D eigenvalue weighted by Crippen LogP contribution is -2.30. The van der Waals surface area contributed by atoms with E-state index >= 15 is 0 Å². The van der Waals surface area contributed by atoms with E-state index in [0.29, 0.717) is 23.7 Å². The van der Waals surface area contributed by atoms with Gasteiger partial charge in [-0.2, -0.15) is 0 Å². The first-order valence-corrected chi connectivity index (χ1v) is 9.48. The lowest BCUT2D eigenvalue weighted by Gasteiger charge is -2.25. The second-order valence-electron chi connectivity index (χ2n) is 6.87. The van der Waals surface area contributed by atoms with Crippen LogP contribution in [0.1, 0.15) is 34.8 Å². The summed E-state index contributed by atoms with van der Waals surface area (Å²) in [7, 11) is 1.64. The van der Waals surface area contributed by atoms with E-state index in [-0.39, 0.29) is 17.8 Å². The molecule has 0 bridgehead atoms. The number of rotatable bonds is 5. The summed E-state index contributed by atoms with van der Waals surface area (Å²) in [6, 6.07) is 16.9. The normalized spacial score (nSPS) is 15.9. The molecule has 2 aromatic carbocycles. The molecule has 2 heterocycles. The van der Waals surface area contributed by atoms with Gasteiger partial charge in [0.15, 0.2) is 0 Å². The minimum absolute atomic E-state index is 0.0450. The molecule has 1 aliphatic heterocycles. The van der Waals surface area contributed by atoms with E-state index < -0.39 is 0 Å². The molecule has 1 fully saturated rings. The monoisotopic (exact) mass is 392 g/mol. The second-order valence-corrected chi connectivity index (χ2v) is 6.87. The number of benzene rings is 2. The number of methoxy groups -OCH3 is 1. The number of hydrogen-bond acceptors (Lipinski definition) is 4. The maximum Gasteiger partial charge on any atom is 0.255 e. The zero-order chi connectivity index (χ0) is 20.2. The Morgan fingerprint density at radius 1 is 1.03 bits per heavy atom. The lowest BCUT2D eigenvalue weighted by atomic mass is 10.0. The van der Waals surface area contributed by atoms with Crippen molar-refractivity contribution in [3.8, 4) is 17.4 Å². The van der Waals surface area contributed by atoms with Gasteiger partial charge in [0.2, 0.25) is 5.88 Å². The van der Waals surface area contributed by atoms with Crippen LogP contribution in [0.4, 0.5) is 4.39 Å². The van der Waals surface area contributed by atoms with Gasteiger partial charge in [0.05, 0.1) is 18.7 Å². The molecule has 3 aromatic rings. The van der Waals surface area contributed by atoms with Crippen LogP contribution in [0.2, 0.25) is 0 Å². The van der Waals surface area contributed by atoms with E-state index in [9.17, 15) is 9.18 Å². The molecule has 0 saturated carbocycles. The van der Waals surface area contributed by atoms with Crippen LogP contribution in [0.15, 0.2) is 66.9 Å². The third-order valence-electron chi connectivity index (χ3n) is 5.03. The molecule has 5 nitrogen and oxygen atoms in total. The fraction of sp³-hybridized carbons (Fsp3) is 0.217. The Labute approximate surface area is 168 Å². The van der Waals surface area contributed by atoms with Crippen molar-refractivity contribution in [2.45, 2.75) is 18.9 Å². The molecule has 4 rings (SSSR count). The smallest absolute Gasteiger partial charge is 0.255 e. The molecule has 1 aliphatic rings. The first-order chi connectivity index (χ1) is 14.1. The number of carbonyl (C=O) groups excluding carboxylic acids is 1. The minimum Gasteiger partial charge on any atom is -0.497 e. The van der Waals surface area contributed by atoms with Crippen LogP contribution < -0.4 is 9.47 Å². The van der Waals surface area contributed by atoms with Gasteiger partial charge in [0.1, 0.15) is 17.3 Å². The highest BCUT2D eigenvalue weighted by Gasteiger charge is 2.30. The molecular formula is C23H21FN2O3. The average Bonchev–Trinajstić information content (AvgIpc) is 3.25. The van der Waals surface area contributed by atoms with Crippen molar-refractivity contribution < 1.29 is 18.7 Å². The Hall–Kier alpha value is -3.41. The third-order valence-corrected chi connectivity index (χ3v) is 5.03. The first kappa shape index (κ1) is 18.9. The molecule has 0 N–H and O–H groups in total. The Morgan fingerprint density at radius 3 is 2.41 bits per heavy atom. The summed E-state index contributed by atoms with van der Waals surface area (Å²) in [5.41, 5.74) is 1.61. The van der Waals surface area contributed by atoms with Gasteiger partial charge < -0.3 is 14.4 Å². The van der Waals surface area contributed by atoms with Crippen LogP contribution in [-0.4, -0.2) is 29.4 Å². The topological polar surface area (TPSA) is 51.7 Å². The van der Waals surface area contributed by atoms with Crippen molar-refractivity contribution in [2.75, 3.05) is 13.7 Å². The summed E-state index contributed by atoms with van der Waals surface area (Å²) in [5.74, 6) is 1.25. The molecule has 0 radical (unpaired) electrons. The van der Waals surface area contributed by atoms with Crippen LogP contribution in [0.25, 0.3) is 0 Å². The summed E-state index contributed by atoms with van der Waals surface area (Å²) in [5, 5.41) is 0. The number of likely N-dealkylation sites (tertiary alicyclic amines) is 1. The fourth-order valence-electron chi connectivity index (χ4n) is 3.54. The fourth-order valence-corrected chi connectivity index (χ4v) is 3.54. The number of amides is 1. The SMILES string of the molecule is COc1ccc(C2CCCN2C(=O)c2ccc(Oc3ccc(F)cc3)nc2)cc1. The van der Waals surface area contributed by atoms with E-state index in [1.807, 2.05) is 29.2 Å². The van der Waals surface area contributed by atoms with E-state index in [1.165, 1.54) is 30.5 Å². The summed E-state index contributed by atoms with van der Waals surface area (Å²) in [4.78, 5) is 19.2. The standard InChI is InChI=1S/C23H21FN2O3/c1-28-19-9-4-16(5-10-19)21-3-2-14-26(21)23(27)17-6-13-22(25-15-17)29-20-11-7-18(24)8-12-20/h4-13,15,21H,2-3,14H2,1H3. The molecule has 1 saturated heterocycles. The molecule has 0 aliphatic carbocycles. The van der Waals surface area contributed by atoms with Gasteiger partial charge >= 0.3 is 0 Å². The third kappa shape index (κ3) is 4.21. The van der Waals surface area contributed by atoms with Crippen molar-refractivity contribution in [1.82, 2.24) is 9.88 Å². The van der Waals surface area contributed by atoms with Crippen LogP contribution in [0.5, 0.6) is 17.4 Å². The molecular weight excluding hydrogens is 371 g/mol. The van der Waals surface area contributed by atoms with Gasteiger partial charge in [-0.15, -0.1) is 0 Å². The molecule has 29 heavy (non-hydrogen) atoms. The largest absolute Gasteiger partial charge is 0.497 e. The number of nitrogens with zero attached hydrogens (tertiary/aromatic N) is 2. The highest BCUT2D eigenvalue weighted by atomic mass is 19.1. The number of carbonyl (C=O) groups is 1. The maximum atomic E-state index is 13.0. The second kappa shape index (κ2) is 8.31. The Morgan fingerprint density at radius 2 is 1.76 bits per heavy atom. The van der Waals surface area contributed by atoms with Crippen molar-refractivity contribution >= 4 is 5.91 Å². The predicted octanol–water partition coefficient (Wildman–Crippen LogP) is 5.00. The minimum atomic E-state index is -0.330. The number of pyridine rings is 1. The quantitative estimate of drug-likeness (QED) is 0.613. The molecule has 1 atom stereocenters. The molecule has 1 unspecified atom stereocenters. The number of halogens is 1. The van der Waals surface area contributed by atoms with Gasteiger partial charge in [-0.3, -0.25) is 4.79 Å². The van der Waals surface area contributed by atoms with Gasteiger partial charge in [-0.1, -0.05) is 12.1 Å². The van der Waals surface area contributed by atoms with Crippen LogP contribution in [0, 0.1) is 5.82 Å². The highest BCUT2D eigenvalue weighted by molar-refractivity contribution is 5.94. The Balaban J connectivity index is 1.47. The molecule has 0 spiro atoms. The van der Waals surface area contributed by atoms with E-state index in [0.717, 1.165) is 24.2 Å². The van der Waals surface area contributed by atoms with Crippen molar-refractivity contribution in [1.29, 1.82) is 0 Å². The Bertz CT molecular complexity index is 973. The van der Waals surface area contributed by atoms with E-state index in [1.54, 1.807) is 19.2 Å². The molecule has 6 heteroatoms. The summed E-state index contributed by atoms with van der Waals surface area (Å²) in [6.07, 6.45) is 3.41. The van der Waals surface area contributed by atoms with Crippen LogP contribution >= 0.6 is 0 Å². The predicted molar refractivity (Wildman–Crippen MR) is 107 cm³/mol. The number of hydrogen-bond donors (Lipinski definition) is 0. The van der Waals surface area contributed by atoms with Crippen LogP contribution in [0.3, 0.4) is 0 Å². The first-order valence-electron chi connectivity index (χ1n) is 9.48. The average molecular weight is 392 g/mol. The Kier molecular flexibility index (Phi) is 5.42.